The fraction of sp³-hybridized carbons (Fsp3) is 0.462. The summed E-state index contributed by atoms with van der Waals surface area (Å²) in [6, 6.07) is 5.71. The Hall–Kier alpha value is -1.27. The van der Waals surface area contributed by atoms with E-state index in [-0.39, 0.29) is 17.9 Å². The lowest BCUT2D eigenvalue weighted by Crippen LogP contribution is -2.42. The monoisotopic (exact) mass is 327 g/mol. The first-order valence-corrected chi connectivity index (χ1v) is 7.02. The molecule has 6 heteroatoms. The topological polar surface area (TPSA) is 82.1 Å². The highest BCUT2D eigenvalue weighted by Gasteiger charge is 2.26. The predicted octanol–water partition coefficient (Wildman–Crippen LogP) is 1.75. The molecule has 1 heterocycles. The van der Waals surface area contributed by atoms with E-state index in [0.717, 1.165) is 29.7 Å². The zero-order valence-corrected chi connectivity index (χ0v) is 12.3. The number of halogens is 1. The molecule has 1 fully saturated rings. The van der Waals surface area contributed by atoms with Gasteiger partial charge in [0.05, 0.1) is 6.10 Å². The molecule has 1 aromatic carbocycles. The Morgan fingerprint density at radius 3 is 2.89 bits per heavy atom. The zero-order chi connectivity index (χ0) is 14.0. The van der Waals surface area contributed by atoms with Gasteiger partial charge in [0.1, 0.15) is 0 Å². The van der Waals surface area contributed by atoms with Gasteiger partial charge in [-0.15, -0.1) is 0 Å². The van der Waals surface area contributed by atoms with Crippen LogP contribution < -0.4 is 10.6 Å². The molecule has 0 spiro atoms. The van der Waals surface area contributed by atoms with Gasteiger partial charge in [-0.2, -0.15) is 0 Å². The predicted molar refractivity (Wildman–Crippen MR) is 78.7 cm³/mol. The average molecular weight is 328 g/mol. The van der Waals surface area contributed by atoms with E-state index in [2.05, 4.69) is 26.0 Å². The lowest BCUT2D eigenvalue weighted by molar-refractivity contribution is 0.0971. The number of benzene rings is 1. The third kappa shape index (κ3) is 3.01. The first-order valence-electron chi connectivity index (χ1n) is 6.23. The number of amidine groups is 1. The second-order valence-electron chi connectivity index (χ2n) is 4.93. The Bertz CT molecular complexity index is 493. The van der Waals surface area contributed by atoms with Crippen LogP contribution in [0, 0.1) is 5.92 Å². The number of aliphatic hydroxyl groups is 1. The van der Waals surface area contributed by atoms with Crippen LogP contribution in [-0.4, -0.2) is 35.3 Å². The van der Waals surface area contributed by atoms with E-state index < -0.39 is 0 Å². The van der Waals surface area contributed by atoms with Gasteiger partial charge in [0.15, 0.2) is 5.84 Å². The first-order chi connectivity index (χ1) is 9.02. The van der Waals surface area contributed by atoms with Crippen LogP contribution in [0.3, 0.4) is 0 Å². The molecule has 1 aromatic rings. The van der Waals surface area contributed by atoms with E-state index in [9.17, 15) is 5.11 Å². The number of anilines is 1. The van der Waals surface area contributed by atoms with E-state index in [1.54, 1.807) is 0 Å². The third-order valence-electron chi connectivity index (χ3n) is 3.54. The van der Waals surface area contributed by atoms with Gasteiger partial charge >= 0.3 is 0 Å². The molecular weight excluding hydrogens is 310 g/mol. The molecule has 0 amide bonds. The summed E-state index contributed by atoms with van der Waals surface area (Å²) in [4.78, 5) is 2.16. The fourth-order valence-electron chi connectivity index (χ4n) is 2.40. The van der Waals surface area contributed by atoms with Gasteiger partial charge in [0.2, 0.25) is 0 Å². The molecule has 0 bridgehead atoms. The molecular formula is C13H18BrN3O2. The second kappa shape index (κ2) is 5.79. The van der Waals surface area contributed by atoms with Gasteiger partial charge in [0.25, 0.3) is 0 Å². The van der Waals surface area contributed by atoms with Gasteiger partial charge < -0.3 is 20.9 Å². The van der Waals surface area contributed by atoms with Crippen LogP contribution in [0.1, 0.15) is 18.9 Å². The second-order valence-corrected chi connectivity index (χ2v) is 5.84. The van der Waals surface area contributed by atoms with E-state index >= 15 is 0 Å². The van der Waals surface area contributed by atoms with Crippen molar-refractivity contribution in [3.8, 4) is 0 Å². The number of aliphatic hydroxyl groups excluding tert-OH is 1. The van der Waals surface area contributed by atoms with E-state index in [1.165, 1.54) is 0 Å². The third-order valence-corrected chi connectivity index (χ3v) is 4.04. The lowest BCUT2D eigenvalue weighted by Gasteiger charge is -2.36. The van der Waals surface area contributed by atoms with Crippen molar-refractivity contribution in [3.63, 3.8) is 0 Å². The lowest BCUT2D eigenvalue weighted by atomic mass is 9.95. The quantitative estimate of drug-likeness (QED) is 0.334. The first kappa shape index (κ1) is 14.1. The average Bonchev–Trinajstić information content (AvgIpc) is 2.41. The molecule has 1 aliphatic heterocycles. The molecule has 0 aromatic heterocycles. The SMILES string of the molecule is CC1CN(c2ccc(Br)cc2/C(N)=N/O)CCC1O. The van der Waals surface area contributed by atoms with Crippen LogP contribution in [0.15, 0.2) is 27.8 Å². The minimum atomic E-state index is -0.251. The minimum absolute atomic E-state index is 0.0927. The van der Waals surface area contributed by atoms with Crippen molar-refractivity contribution in [3.05, 3.63) is 28.2 Å². The highest BCUT2D eigenvalue weighted by Crippen LogP contribution is 2.28. The molecule has 2 rings (SSSR count). The highest BCUT2D eigenvalue weighted by molar-refractivity contribution is 9.10. The fourth-order valence-corrected chi connectivity index (χ4v) is 2.76. The molecule has 2 atom stereocenters. The molecule has 1 aliphatic rings. The largest absolute Gasteiger partial charge is 0.409 e. The van der Waals surface area contributed by atoms with Gasteiger partial charge in [0, 0.05) is 28.8 Å². The van der Waals surface area contributed by atoms with Crippen LogP contribution in [0.4, 0.5) is 5.69 Å². The number of nitrogens with zero attached hydrogens (tertiary/aromatic N) is 2. The Balaban J connectivity index is 2.34. The smallest absolute Gasteiger partial charge is 0.172 e. The van der Waals surface area contributed by atoms with Crippen molar-refractivity contribution >= 4 is 27.5 Å². The molecule has 4 N–H and O–H groups in total. The van der Waals surface area contributed by atoms with Gasteiger partial charge in [-0.3, -0.25) is 0 Å². The minimum Gasteiger partial charge on any atom is -0.409 e. The molecule has 1 saturated heterocycles. The van der Waals surface area contributed by atoms with Crippen LogP contribution in [0.5, 0.6) is 0 Å². The summed E-state index contributed by atoms with van der Waals surface area (Å²) < 4.78 is 0.878. The van der Waals surface area contributed by atoms with E-state index in [4.69, 9.17) is 10.9 Å². The Labute approximate surface area is 120 Å². The Morgan fingerprint density at radius 2 is 2.26 bits per heavy atom. The van der Waals surface area contributed by atoms with Crippen molar-refractivity contribution in [1.82, 2.24) is 0 Å². The van der Waals surface area contributed by atoms with Gasteiger partial charge in [-0.05, 0) is 30.5 Å². The van der Waals surface area contributed by atoms with Crippen LogP contribution >= 0.6 is 15.9 Å². The van der Waals surface area contributed by atoms with Crippen LogP contribution in [0.25, 0.3) is 0 Å². The summed E-state index contributed by atoms with van der Waals surface area (Å²) in [5.74, 6) is 0.299. The number of piperidine rings is 1. The van der Waals surface area contributed by atoms with Crippen LogP contribution in [-0.2, 0) is 0 Å². The van der Waals surface area contributed by atoms with Crippen LogP contribution in [0.2, 0.25) is 0 Å². The summed E-state index contributed by atoms with van der Waals surface area (Å²) in [5, 5.41) is 21.8. The van der Waals surface area contributed by atoms with Crippen molar-refractivity contribution in [2.75, 3.05) is 18.0 Å². The number of nitrogens with two attached hydrogens (primary N) is 1. The highest BCUT2D eigenvalue weighted by atomic mass is 79.9. The maximum absolute atomic E-state index is 9.79. The maximum atomic E-state index is 9.79. The molecule has 0 aliphatic carbocycles. The van der Waals surface area contributed by atoms with Gasteiger partial charge in [-0.1, -0.05) is 28.0 Å². The molecule has 2 unspecified atom stereocenters. The number of hydrogen-bond acceptors (Lipinski definition) is 4. The van der Waals surface area contributed by atoms with Crippen molar-refractivity contribution in [1.29, 1.82) is 0 Å². The van der Waals surface area contributed by atoms with Gasteiger partial charge in [-0.25, -0.2) is 0 Å². The van der Waals surface area contributed by atoms with E-state index in [0.29, 0.717) is 5.56 Å². The normalized spacial score (nSPS) is 24.6. The van der Waals surface area contributed by atoms with Crippen molar-refractivity contribution in [2.45, 2.75) is 19.4 Å². The summed E-state index contributed by atoms with van der Waals surface area (Å²) >= 11 is 3.39. The van der Waals surface area contributed by atoms with E-state index in [1.807, 2.05) is 25.1 Å². The Kier molecular flexibility index (Phi) is 4.31. The molecule has 5 nitrogen and oxygen atoms in total. The summed E-state index contributed by atoms with van der Waals surface area (Å²) in [6.07, 6.45) is 0.478. The van der Waals surface area contributed by atoms with Crippen molar-refractivity contribution in [2.24, 2.45) is 16.8 Å². The molecule has 19 heavy (non-hydrogen) atoms. The molecule has 0 saturated carbocycles. The molecule has 104 valence electrons. The summed E-state index contributed by atoms with van der Waals surface area (Å²) in [5.41, 5.74) is 7.36. The standard InChI is InChI=1S/C13H18BrN3O2/c1-8-7-17(5-4-12(8)18)11-3-2-9(14)6-10(11)13(15)16-19/h2-3,6,8,12,18-19H,4-5,7H2,1H3,(H2,15,16). The Morgan fingerprint density at radius 1 is 1.53 bits per heavy atom. The number of rotatable bonds is 2. The summed E-state index contributed by atoms with van der Waals surface area (Å²) in [7, 11) is 0. The summed E-state index contributed by atoms with van der Waals surface area (Å²) in [6.45, 7) is 3.55. The molecule has 0 radical (unpaired) electrons. The van der Waals surface area contributed by atoms with Crippen molar-refractivity contribution < 1.29 is 10.3 Å². The zero-order valence-electron chi connectivity index (χ0n) is 10.8. The number of hydrogen-bond donors (Lipinski definition) is 3. The maximum Gasteiger partial charge on any atom is 0.172 e. The number of oxime groups is 1.